The SMILES string of the molecule is CC(C)(C)OC(=O)N1CCCC1Cn1nc(C(=O)O)cc1C(=O)O. The number of carbonyl (C=O) groups is 3. The quantitative estimate of drug-likeness (QED) is 0.855. The van der Waals surface area contributed by atoms with Gasteiger partial charge in [0.1, 0.15) is 11.3 Å². The maximum absolute atomic E-state index is 12.3. The highest BCUT2D eigenvalue weighted by Crippen LogP contribution is 2.22. The van der Waals surface area contributed by atoms with Crippen LogP contribution in [-0.4, -0.2) is 61.1 Å². The molecular formula is C15H21N3O6. The van der Waals surface area contributed by atoms with Gasteiger partial charge in [-0.1, -0.05) is 0 Å². The third-order valence-corrected chi connectivity index (χ3v) is 3.61. The van der Waals surface area contributed by atoms with E-state index < -0.39 is 23.6 Å². The zero-order valence-corrected chi connectivity index (χ0v) is 13.9. The number of carboxylic acid groups (broad SMARTS) is 2. The molecule has 1 unspecified atom stereocenters. The first kappa shape index (κ1) is 17.8. The van der Waals surface area contributed by atoms with Crippen LogP contribution in [0.15, 0.2) is 6.07 Å². The van der Waals surface area contributed by atoms with Gasteiger partial charge < -0.3 is 19.8 Å². The normalized spacial score (nSPS) is 17.8. The Morgan fingerprint density at radius 1 is 1.29 bits per heavy atom. The van der Waals surface area contributed by atoms with Crippen LogP contribution in [0, 0.1) is 0 Å². The fourth-order valence-electron chi connectivity index (χ4n) is 2.62. The Bertz CT molecular complexity index is 661. The van der Waals surface area contributed by atoms with Gasteiger partial charge in [-0.2, -0.15) is 5.10 Å². The van der Waals surface area contributed by atoms with Gasteiger partial charge in [0.2, 0.25) is 0 Å². The molecule has 0 bridgehead atoms. The molecule has 1 aliphatic rings. The maximum Gasteiger partial charge on any atom is 0.410 e. The van der Waals surface area contributed by atoms with Gasteiger partial charge in [-0.05, 0) is 33.6 Å². The Morgan fingerprint density at radius 3 is 2.50 bits per heavy atom. The zero-order valence-electron chi connectivity index (χ0n) is 13.9. The van der Waals surface area contributed by atoms with Crippen LogP contribution >= 0.6 is 0 Å². The van der Waals surface area contributed by atoms with Crippen LogP contribution in [0.3, 0.4) is 0 Å². The number of aromatic nitrogens is 2. The molecular weight excluding hydrogens is 318 g/mol. The van der Waals surface area contributed by atoms with Gasteiger partial charge in [0.05, 0.1) is 12.6 Å². The van der Waals surface area contributed by atoms with Crippen molar-refractivity contribution < 1.29 is 29.3 Å². The summed E-state index contributed by atoms with van der Waals surface area (Å²) in [4.78, 5) is 36.1. The fraction of sp³-hybridized carbons (Fsp3) is 0.600. The van der Waals surface area contributed by atoms with Gasteiger partial charge in [-0.3, -0.25) is 4.68 Å². The second kappa shape index (κ2) is 6.50. The Balaban J connectivity index is 2.19. The maximum atomic E-state index is 12.3. The van der Waals surface area contributed by atoms with Crippen molar-refractivity contribution in [2.45, 2.75) is 51.8 Å². The largest absolute Gasteiger partial charge is 0.477 e. The molecule has 9 nitrogen and oxygen atoms in total. The smallest absolute Gasteiger partial charge is 0.410 e. The van der Waals surface area contributed by atoms with E-state index in [2.05, 4.69) is 5.10 Å². The minimum atomic E-state index is -1.30. The third-order valence-electron chi connectivity index (χ3n) is 3.61. The Morgan fingerprint density at radius 2 is 1.96 bits per heavy atom. The highest BCUT2D eigenvalue weighted by Gasteiger charge is 2.33. The Kier molecular flexibility index (Phi) is 4.81. The van der Waals surface area contributed by atoms with E-state index in [9.17, 15) is 19.5 Å². The number of amides is 1. The van der Waals surface area contributed by atoms with Crippen molar-refractivity contribution in [1.82, 2.24) is 14.7 Å². The highest BCUT2D eigenvalue weighted by molar-refractivity contribution is 5.91. The molecule has 132 valence electrons. The molecule has 9 heteroatoms. The summed E-state index contributed by atoms with van der Waals surface area (Å²) in [5, 5.41) is 22.0. The number of carboxylic acids is 2. The summed E-state index contributed by atoms with van der Waals surface area (Å²) >= 11 is 0. The average molecular weight is 339 g/mol. The van der Waals surface area contributed by atoms with Crippen LogP contribution in [0.1, 0.15) is 54.6 Å². The van der Waals surface area contributed by atoms with Crippen LogP contribution in [0.4, 0.5) is 4.79 Å². The van der Waals surface area contributed by atoms with Gasteiger partial charge >= 0.3 is 18.0 Å². The van der Waals surface area contributed by atoms with Crippen LogP contribution in [0.5, 0.6) is 0 Å². The van der Waals surface area contributed by atoms with E-state index in [-0.39, 0.29) is 24.0 Å². The molecule has 0 radical (unpaired) electrons. The first-order chi connectivity index (χ1) is 11.1. The number of aromatic carboxylic acids is 2. The number of likely N-dealkylation sites (tertiary alicyclic amines) is 1. The molecule has 2 rings (SSSR count). The van der Waals surface area contributed by atoms with Gasteiger partial charge in [0, 0.05) is 12.6 Å². The van der Waals surface area contributed by atoms with Crippen molar-refractivity contribution in [1.29, 1.82) is 0 Å². The van der Waals surface area contributed by atoms with Crippen LogP contribution in [-0.2, 0) is 11.3 Å². The summed E-state index contributed by atoms with van der Waals surface area (Å²) in [5.41, 5.74) is -1.18. The predicted octanol–water partition coefficient (Wildman–Crippen LogP) is 1.68. The van der Waals surface area contributed by atoms with Crippen molar-refractivity contribution in [3.05, 3.63) is 17.5 Å². The Hall–Kier alpha value is -2.58. The lowest BCUT2D eigenvalue weighted by Crippen LogP contribution is -2.42. The van der Waals surface area contributed by atoms with E-state index in [0.29, 0.717) is 13.0 Å². The van der Waals surface area contributed by atoms with Crippen LogP contribution in [0.25, 0.3) is 0 Å². The van der Waals surface area contributed by atoms with Crippen molar-refractivity contribution >= 4 is 18.0 Å². The van der Waals surface area contributed by atoms with E-state index in [1.54, 1.807) is 25.7 Å². The molecule has 1 aliphatic heterocycles. The second-order valence-electron chi connectivity index (χ2n) is 6.68. The van der Waals surface area contributed by atoms with Crippen molar-refractivity contribution in [2.24, 2.45) is 0 Å². The number of hydrogen-bond acceptors (Lipinski definition) is 5. The molecule has 0 aromatic carbocycles. The Labute approximate surface area is 138 Å². The molecule has 0 saturated carbocycles. The number of nitrogens with zero attached hydrogens (tertiary/aromatic N) is 3. The molecule has 2 heterocycles. The first-order valence-corrected chi connectivity index (χ1v) is 7.62. The summed E-state index contributed by atoms with van der Waals surface area (Å²) in [6.45, 7) is 5.92. The number of rotatable bonds is 4. The van der Waals surface area contributed by atoms with Crippen LogP contribution in [0.2, 0.25) is 0 Å². The summed E-state index contributed by atoms with van der Waals surface area (Å²) in [7, 11) is 0. The molecule has 0 aliphatic carbocycles. The monoisotopic (exact) mass is 339 g/mol. The van der Waals surface area contributed by atoms with Crippen molar-refractivity contribution in [3.8, 4) is 0 Å². The van der Waals surface area contributed by atoms with Crippen molar-refractivity contribution in [2.75, 3.05) is 6.54 Å². The summed E-state index contributed by atoms with van der Waals surface area (Å²) in [6, 6.07) is 0.719. The lowest BCUT2D eigenvalue weighted by Gasteiger charge is -2.28. The first-order valence-electron chi connectivity index (χ1n) is 7.62. The summed E-state index contributed by atoms with van der Waals surface area (Å²) in [6.07, 6.45) is 0.965. The van der Waals surface area contributed by atoms with Gasteiger partial charge in [-0.15, -0.1) is 0 Å². The van der Waals surface area contributed by atoms with E-state index >= 15 is 0 Å². The molecule has 24 heavy (non-hydrogen) atoms. The van der Waals surface area contributed by atoms with Crippen LogP contribution < -0.4 is 0 Å². The fourth-order valence-corrected chi connectivity index (χ4v) is 2.62. The van der Waals surface area contributed by atoms with E-state index in [4.69, 9.17) is 9.84 Å². The lowest BCUT2D eigenvalue weighted by molar-refractivity contribution is 0.0210. The zero-order chi connectivity index (χ0) is 18.1. The van der Waals surface area contributed by atoms with E-state index in [1.165, 1.54) is 0 Å². The van der Waals surface area contributed by atoms with Crippen molar-refractivity contribution in [3.63, 3.8) is 0 Å². The number of ether oxygens (including phenoxy) is 1. The third kappa shape index (κ3) is 4.03. The molecule has 1 aromatic heterocycles. The summed E-state index contributed by atoms with van der Waals surface area (Å²) < 4.78 is 6.48. The topological polar surface area (TPSA) is 122 Å². The van der Waals surface area contributed by atoms with Gasteiger partial charge in [0.25, 0.3) is 0 Å². The van der Waals surface area contributed by atoms with E-state index in [1.807, 2.05) is 0 Å². The van der Waals surface area contributed by atoms with Gasteiger partial charge in [0.15, 0.2) is 5.69 Å². The molecule has 1 amide bonds. The lowest BCUT2D eigenvalue weighted by atomic mass is 10.2. The molecule has 0 spiro atoms. The van der Waals surface area contributed by atoms with E-state index in [0.717, 1.165) is 17.2 Å². The molecule has 1 aromatic rings. The minimum Gasteiger partial charge on any atom is -0.477 e. The number of carbonyl (C=O) groups excluding carboxylic acids is 1. The molecule has 1 atom stereocenters. The number of hydrogen-bond donors (Lipinski definition) is 2. The predicted molar refractivity (Wildman–Crippen MR) is 82.1 cm³/mol. The second-order valence-corrected chi connectivity index (χ2v) is 6.68. The average Bonchev–Trinajstić information content (AvgIpc) is 3.03. The van der Waals surface area contributed by atoms with Gasteiger partial charge in [-0.25, -0.2) is 14.4 Å². The minimum absolute atomic E-state index is 0.105. The molecule has 1 saturated heterocycles. The molecule has 2 N–H and O–H groups in total. The standard InChI is InChI=1S/C15H21N3O6/c1-15(2,3)24-14(23)17-6-4-5-9(17)8-18-11(13(21)22)7-10(16-18)12(19)20/h7,9H,4-6,8H2,1-3H3,(H,19,20)(H,21,22). The highest BCUT2D eigenvalue weighted by atomic mass is 16.6. The summed E-state index contributed by atoms with van der Waals surface area (Å²) in [5.74, 6) is -2.57. The molecule has 1 fully saturated rings.